The molecule has 6 heteroatoms. The second kappa shape index (κ2) is 6.59. The summed E-state index contributed by atoms with van der Waals surface area (Å²) in [5.74, 6) is -0.326. The Labute approximate surface area is 143 Å². The van der Waals surface area contributed by atoms with Crippen molar-refractivity contribution in [3.63, 3.8) is 0 Å². The first-order valence-electron chi connectivity index (χ1n) is 6.99. The second-order valence-corrected chi connectivity index (χ2v) is 7.41. The molecule has 0 atom stereocenters. The minimum atomic E-state index is -0.521. The summed E-state index contributed by atoms with van der Waals surface area (Å²) in [7, 11) is 0. The number of carbonyl (C=O) groups excluding carboxylic acids is 1. The Morgan fingerprint density at radius 3 is 2.64 bits per heavy atom. The molecule has 1 aliphatic rings. The van der Waals surface area contributed by atoms with Gasteiger partial charge in [-0.3, -0.25) is 0 Å². The molecular weight excluding hydrogens is 373 g/mol. The molecule has 0 aliphatic carbocycles. The lowest BCUT2D eigenvalue weighted by Crippen LogP contribution is -2.39. The Kier molecular flexibility index (Phi) is 5.17. The highest BCUT2D eigenvalue weighted by molar-refractivity contribution is 9.10. The van der Waals surface area contributed by atoms with E-state index >= 15 is 0 Å². The zero-order valence-electron chi connectivity index (χ0n) is 12.8. The maximum Gasteiger partial charge on any atom is 0.410 e. The summed E-state index contributed by atoms with van der Waals surface area (Å²) in [5.41, 5.74) is 0.815. The fraction of sp³-hybridized carbons (Fsp3) is 0.438. The lowest BCUT2D eigenvalue weighted by atomic mass is 9.99. The van der Waals surface area contributed by atoms with Crippen LogP contribution in [0, 0.1) is 5.82 Å². The summed E-state index contributed by atoms with van der Waals surface area (Å²) >= 11 is 9.23. The van der Waals surface area contributed by atoms with Crippen molar-refractivity contribution < 1.29 is 13.9 Å². The van der Waals surface area contributed by atoms with Gasteiger partial charge in [0.2, 0.25) is 0 Å². The van der Waals surface area contributed by atoms with Crippen molar-refractivity contribution in [3.05, 3.63) is 39.1 Å². The molecule has 0 fully saturated rings. The predicted octanol–water partition coefficient (Wildman–Crippen LogP) is 5.27. The summed E-state index contributed by atoms with van der Waals surface area (Å²) < 4.78 is 19.9. The largest absolute Gasteiger partial charge is 0.444 e. The Hall–Kier alpha value is -1.07. The Bertz CT molecular complexity index is 625. The van der Waals surface area contributed by atoms with E-state index in [1.165, 1.54) is 6.07 Å². The number of hydrogen-bond donors (Lipinski definition) is 0. The van der Waals surface area contributed by atoms with Crippen LogP contribution in [0.4, 0.5) is 9.18 Å². The van der Waals surface area contributed by atoms with Gasteiger partial charge >= 0.3 is 6.09 Å². The molecule has 1 aliphatic heterocycles. The monoisotopic (exact) mass is 389 g/mol. The molecule has 0 bridgehead atoms. The Morgan fingerprint density at radius 2 is 2.09 bits per heavy atom. The lowest BCUT2D eigenvalue weighted by Gasteiger charge is -2.29. The van der Waals surface area contributed by atoms with E-state index in [9.17, 15) is 9.18 Å². The average Bonchev–Trinajstić information content (AvgIpc) is 2.41. The van der Waals surface area contributed by atoms with E-state index in [2.05, 4.69) is 15.9 Å². The molecule has 0 aromatic heterocycles. The topological polar surface area (TPSA) is 29.5 Å². The summed E-state index contributed by atoms with van der Waals surface area (Å²) in [6.07, 6.45) is 2.06. The van der Waals surface area contributed by atoms with Crippen LogP contribution in [0.1, 0.15) is 32.8 Å². The molecule has 22 heavy (non-hydrogen) atoms. The van der Waals surface area contributed by atoms with Gasteiger partial charge in [-0.05, 0) is 60.8 Å². The van der Waals surface area contributed by atoms with Crippen LogP contribution in [0.3, 0.4) is 0 Å². The maximum absolute atomic E-state index is 14.1. The van der Waals surface area contributed by atoms with E-state index in [1.54, 1.807) is 11.0 Å². The van der Waals surface area contributed by atoms with Crippen molar-refractivity contribution in [2.75, 3.05) is 13.1 Å². The number of hydrogen-bond acceptors (Lipinski definition) is 2. The molecule has 120 valence electrons. The highest BCUT2D eigenvalue weighted by Crippen LogP contribution is 2.32. The van der Waals surface area contributed by atoms with Gasteiger partial charge in [-0.25, -0.2) is 9.18 Å². The third kappa shape index (κ3) is 4.23. The maximum atomic E-state index is 14.1. The minimum Gasteiger partial charge on any atom is -0.444 e. The first kappa shape index (κ1) is 17.3. The number of carbonyl (C=O) groups is 1. The van der Waals surface area contributed by atoms with Crippen LogP contribution in [0.15, 0.2) is 22.7 Å². The van der Waals surface area contributed by atoms with E-state index in [1.807, 2.05) is 26.8 Å². The van der Waals surface area contributed by atoms with E-state index in [0.717, 1.165) is 5.57 Å². The standard InChI is InChI=1S/C16H18BrClFNO2/c1-16(2,3)22-15(21)20-6-4-10(5-7-20)11-8-13(18)12(17)9-14(11)19/h4,8-9H,5-7H2,1-3H3. The summed E-state index contributed by atoms with van der Waals surface area (Å²) in [6.45, 7) is 6.38. The Balaban J connectivity index is 2.12. The molecule has 3 nitrogen and oxygen atoms in total. The van der Waals surface area contributed by atoms with Gasteiger partial charge in [0.1, 0.15) is 11.4 Å². The van der Waals surface area contributed by atoms with Crippen LogP contribution in [-0.2, 0) is 4.74 Å². The van der Waals surface area contributed by atoms with Crippen molar-refractivity contribution in [3.8, 4) is 0 Å². The van der Waals surface area contributed by atoms with Crippen LogP contribution in [0.25, 0.3) is 5.57 Å². The average molecular weight is 391 g/mol. The van der Waals surface area contributed by atoms with Gasteiger partial charge in [-0.1, -0.05) is 17.7 Å². The fourth-order valence-corrected chi connectivity index (χ4v) is 2.65. The molecule has 1 aromatic rings. The van der Waals surface area contributed by atoms with Crippen molar-refractivity contribution in [2.24, 2.45) is 0 Å². The molecule has 1 aromatic carbocycles. The smallest absolute Gasteiger partial charge is 0.410 e. The molecule has 0 radical (unpaired) electrons. The van der Waals surface area contributed by atoms with Crippen LogP contribution >= 0.6 is 27.5 Å². The number of amides is 1. The summed E-state index contributed by atoms with van der Waals surface area (Å²) in [4.78, 5) is 13.6. The van der Waals surface area contributed by atoms with Crippen LogP contribution in [-0.4, -0.2) is 29.7 Å². The fourth-order valence-electron chi connectivity index (χ4n) is 2.17. The molecule has 2 rings (SSSR count). The molecule has 1 heterocycles. The van der Waals surface area contributed by atoms with E-state index in [0.29, 0.717) is 34.6 Å². The van der Waals surface area contributed by atoms with E-state index < -0.39 is 5.60 Å². The molecule has 0 saturated carbocycles. The zero-order valence-corrected chi connectivity index (χ0v) is 15.1. The van der Waals surface area contributed by atoms with Gasteiger partial charge in [0, 0.05) is 23.1 Å². The molecule has 0 saturated heterocycles. The van der Waals surface area contributed by atoms with Crippen LogP contribution < -0.4 is 0 Å². The van der Waals surface area contributed by atoms with Gasteiger partial charge in [-0.2, -0.15) is 0 Å². The number of rotatable bonds is 1. The molecular formula is C16H18BrClFNO2. The number of ether oxygens (including phenoxy) is 1. The first-order chi connectivity index (χ1) is 10.2. The minimum absolute atomic E-state index is 0.326. The van der Waals surface area contributed by atoms with E-state index in [-0.39, 0.29) is 11.9 Å². The van der Waals surface area contributed by atoms with Crippen LogP contribution in [0.2, 0.25) is 5.02 Å². The Morgan fingerprint density at radius 1 is 1.41 bits per heavy atom. The molecule has 0 N–H and O–H groups in total. The normalized spacial score (nSPS) is 15.5. The number of benzene rings is 1. The summed E-state index contributed by atoms with van der Waals surface area (Å²) in [5, 5.41) is 0.465. The van der Waals surface area contributed by atoms with Gasteiger partial charge in [0.15, 0.2) is 0 Å². The molecule has 0 spiro atoms. The quantitative estimate of drug-likeness (QED) is 0.612. The lowest BCUT2D eigenvalue weighted by molar-refractivity contribution is 0.0270. The number of nitrogens with zero attached hydrogens (tertiary/aromatic N) is 1. The molecule has 1 amide bonds. The molecule has 0 unspecified atom stereocenters. The van der Waals surface area contributed by atoms with Crippen LogP contribution in [0.5, 0.6) is 0 Å². The van der Waals surface area contributed by atoms with Gasteiger partial charge in [0.05, 0.1) is 5.02 Å². The van der Waals surface area contributed by atoms with E-state index in [4.69, 9.17) is 16.3 Å². The second-order valence-electron chi connectivity index (χ2n) is 6.15. The highest BCUT2D eigenvalue weighted by atomic mass is 79.9. The number of halogens is 3. The van der Waals surface area contributed by atoms with Gasteiger partial charge < -0.3 is 9.64 Å². The summed E-state index contributed by atoms with van der Waals surface area (Å²) in [6, 6.07) is 2.97. The third-order valence-corrected chi connectivity index (χ3v) is 4.41. The first-order valence-corrected chi connectivity index (χ1v) is 8.16. The SMILES string of the molecule is CC(C)(C)OC(=O)N1CC=C(c2cc(Cl)c(Br)cc2F)CC1. The van der Waals surface area contributed by atoms with Gasteiger partial charge in [0.25, 0.3) is 0 Å². The predicted molar refractivity (Wildman–Crippen MR) is 89.5 cm³/mol. The van der Waals surface area contributed by atoms with Crippen molar-refractivity contribution >= 4 is 39.2 Å². The highest BCUT2D eigenvalue weighted by Gasteiger charge is 2.24. The zero-order chi connectivity index (χ0) is 16.5. The van der Waals surface area contributed by atoms with Crippen molar-refractivity contribution in [1.29, 1.82) is 0 Å². The third-order valence-electron chi connectivity index (χ3n) is 3.22. The van der Waals surface area contributed by atoms with Crippen molar-refractivity contribution in [2.45, 2.75) is 32.8 Å². The van der Waals surface area contributed by atoms with Crippen molar-refractivity contribution in [1.82, 2.24) is 4.90 Å². The van der Waals surface area contributed by atoms with Gasteiger partial charge in [-0.15, -0.1) is 0 Å².